The largest absolute Gasteiger partial charge is 0.493 e. The third-order valence-electron chi connectivity index (χ3n) is 11.4. The fraction of sp³-hybridized carbons (Fsp3) is 0.306. The molecule has 2 N–H and O–H groups in total. The highest BCUT2D eigenvalue weighted by atomic mass is 35.5. The molecule has 0 atom stereocenters. The van der Waals surface area contributed by atoms with E-state index < -0.39 is 0 Å². The number of rotatable bonds is 18. The fourth-order valence-corrected chi connectivity index (χ4v) is 8.70. The maximum atomic E-state index is 5.75. The van der Waals surface area contributed by atoms with Gasteiger partial charge in [-0.2, -0.15) is 0 Å². The van der Waals surface area contributed by atoms with Crippen LogP contribution in [0.5, 0.6) is 34.5 Å². The molecule has 0 saturated carbocycles. The molecule has 0 aliphatic rings. The first-order valence-corrected chi connectivity index (χ1v) is 20.7. The van der Waals surface area contributed by atoms with E-state index >= 15 is 0 Å². The number of nitrogens with one attached hydrogen (secondary N) is 2. The fourth-order valence-electron chi connectivity index (χ4n) is 8.70. The van der Waals surface area contributed by atoms with Crippen LogP contribution < -0.4 is 39.1 Å². The maximum Gasteiger partial charge on any atom is 0.203 e. The van der Waals surface area contributed by atoms with Crippen molar-refractivity contribution in [2.45, 2.75) is 46.4 Å². The lowest BCUT2D eigenvalue weighted by Gasteiger charge is -2.16. The topological polar surface area (TPSA) is 115 Å². The summed E-state index contributed by atoms with van der Waals surface area (Å²) in [5.74, 6) is 3.44. The average molecular weight is 859 g/mol. The van der Waals surface area contributed by atoms with Gasteiger partial charge in [-0.1, -0.05) is 36.4 Å². The molecule has 62 heavy (non-hydrogen) atoms. The number of fused-ring (bicyclic) bond motifs is 6. The molecule has 4 heterocycles. The summed E-state index contributed by atoms with van der Waals surface area (Å²) >= 11 is 0. The number of methoxy groups -OCH3 is 6. The van der Waals surface area contributed by atoms with E-state index in [1.807, 2.05) is 24.3 Å². The molecule has 0 spiro atoms. The van der Waals surface area contributed by atoms with Crippen LogP contribution in [0.3, 0.4) is 0 Å². The van der Waals surface area contributed by atoms with E-state index in [9.17, 15) is 0 Å². The van der Waals surface area contributed by atoms with E-state index in [4.69, 9.17) is 38.4 Å². The van der Waals surface area contributed by atoms with E-state index in [2.05, 4.69) is 94.3 Å². The molecule has 4 aromatic heterocycles. The number of para-hydroxylation sites is 2. The predicted octanol–water partition coefficient (Wildman–Crippen LogP) is 9.81. The van der Waals surface area contributed by atoms with Gasteiger partial charge in [-0.15, -0.1) is 12.4 Å². The van der Waals surface area contributed by atoms with E-state index in [1.165, 1.54) is 21.8 Å². The van der Waals surface area contributed by atoms with Crippen molar-refractivity contribution in [1.82, 2.24) is 29.7 Å². The highest BCUT2D eigenvalue weighted by Crippen LogP contribution is 2.45. The molecule has 0 amide bonds. The van der Waals surface area contributed by atoms with Gasteiger partial charge >= 0.3 is 0 Å². The summed E-state index contributed by atoms with van der Waals surface area (Å²) in [6, 6.07) is 29.4. The molecule has 0 fully saturated rings. The normalized spacial score (nSPS) is 11.4. The number of pyridine rings is 2. The molecule has 0 radical (unpaired) electrons. The SMILES string of the molecule is CCn1c2ccccc2c2cc(CNCCCNCc3cc4c5ccccc5n(CC)c4c(-c4cc(OC)c(OC)c(OC)c4)n3)nc(-c3cc(OC)c(OC)c(OC)c3)c21.Cl. The summed E-state index contributed by atoms with van der Waals surface area (Å²) in [6.07, 6.45) is 0.911. The molecule has 0 unspecified atom stereocenters. The Morgan fingerprint density at radius 3 is 1.19 bits per heavy atom. The number of aromatic nitrogens is 4. The number of aryl methyl sites for hydroxylation is 2. The summed E-state index contributed by atoms with van der Waals surface area (Å²) in [6.45, 7) is 8.75. The number of benzene rings is 4. The van der Waals surface area contributed by atoms with Crippen molar-refractivity contribution >= 4 is 56.0 Å². The number of halogens is 1. The Morgan fingerprint density at radius 2 is 0.855 bits per heavy atom. The summed E-state index contributed by atoms with van der Waals surface area (Å²) in [7, 11) is 9.78. The number of ether oxygens (including phenoxy) is 6. The molecule has 0 aliphatic carbocycles. The van der Waals surface area contributed by atoms with Crippen molar-refractivity contribution in [3.63, 3.8) is 0 Å². The first kappa shape index (κ1) is 43.9. The van der Waals surface area contributed by atoms with Crippen LogP contribution in [0.4, 0.5) is 0 Å². The monoisotopic (exact) mass is 858 g/mol. The standard InChI is InChI=1S/C49H54N6O6.ClH/c1-9-54-38-18-13-11-16-34(38)36-26-32(52-44(46(36)54)30-22-40(56-3)48(60-7)41(23-30)57-4)28-50-20-15-21-51-29-33-27-37-35-17-12-14-19-39(35)55(10-2)47(37)45(53-33)31-24-42(58-5)49(61-8)43(25-31)59-6;/h11-14,16-19,22-27,50-51H,9-10,15,20-21,28-29H2,1-8H3;1H. The molecule has 0 aliphatic heterocycles. The highest BCUT2D eigenvalue weighted by molar-refractivity contribution is 6.13. The van der Waals surface area contributed by atoms with E-state index in [1.54, 1.807) is 42.7 Å². The van der Waals surface area contributed by atoms with E-state index in [0.717, 1.165) is 88.3 Å². The second-order valence-electron chi connectivity index (χ2n) is 14.8. The molecule has 12 nitrogen and oxygen atoms in total. The van der Waals surface area contributed by atoms with E-state index in [0.29, 0.717) is 47.6 Å². The van der Waals surface area contributed by atoms with Crippen LogP contribution >= 0.6 is 12.4 Å². The average Bonchev–Trinajstić information content (AvgIpc) is 3.81. The third-order valence-corrected chi connectivity index (χ3v) is 11.4. The van der Waals surface area contributed by atoms with Crippen LogP contribution in [0.2, 0.25) is 0 Å². The molecule has 0 bridgehead atoms. The van der Waals surface area contributed by atoms with Gasteiger partial charge in [-0.25, -0.2) is 9.97 Å². The zero-order valence-corrected chi connectivity index (χ0v) is 37.5. The quantitative estimate of drug-likeness (QED) is 0.0809. The zero-order valence-electron chi connectivity index (χ0n) is 36.7. The van der Waals surface area contributed by atoms with Gasteiger partial charge in [-0.3, -0.25) is 0 Å². The van der Waals surface area contributed by atoms with Crippen LogP contribution in [0, 0.1) is 0 Å². The van der Waals surface area contributed by atoms with Gasteiger partial charge in [0, 0.05) is 69.9 Å². The maximum absolute atomic E-state index is 5.75. The first-order chi connectivity index (χ1) is 29.9. The smallest absolute Gasteiger partial charge is 0.203 e. The lowest BCUT2D eigenvalue weighted by atomic mass is 10.0. The van der Waals surface area contributed by atoms with Crippen LogP contribution in [-0.4, -0.2) is 74.9 Å². The van der Waals surface area contributed by atoms with Crippen molar-refractivity contribution in [2.24, 2.45) is 0 Å². The molecule has 0 saturated heterocycles. The van der Waals surface area contributed by atoms with Gasteiger partial charge in [0.05, 0.1) is 76.5 Å². The van der Waals surface area contributed by atoms with Crippen LogP contribution in [0.1, 0.15) is 31.7 Å². The molecule has 13 heteroatoms. The molecular formula is C49H55ClN6O6. The van der Waals surface area contributed by atoms with Gasteiger partial charge in [0.25, 0.3) is 0 Å². The predicted molar refractivity (Wildman–Crippen MR) is 251 cm³/mol. The lowest BCUT2D eigenvalue weighted by molar-refractivity contribution is 0.324. The Labute approximate surface area is 368 Å². The van der Waals surface area contributed by atoms with Gasteiger partial charge in [0.15, 0.2) is 23.0 Å². The van der Waals surface area contributed by atoms with Crippen molar-refractivity contribution in [3.8, 4) is 57.0 Å². The Balaban J connectivity index is 0.00000578. The molecular weight excluding hydrogens is 804 g/mol. The summed E-state index contributed by atoms with van der Waals surface area (Å²) in [4.78, 5) is 10.6. The minimum atomic E-state index is 0. The summed E-state index contributed by atoms with van der Waals surface area (Å²) < 4.78 is 39.0. The van der Waals surface area contributed by atoms with Gasteiger partial charge in [-0.05, 0) is 81.9 Å². The minimum absolute atomic E-state index is 0. The Bertz CT molecular complexity index is 2630. The lowest BCUT2D eigenvalue weighted by Crippen LogP contribution is -2.22. The summed E-state index contributed by atoms with van der Waals surface area (Å²) in [5.41, 5.74) is 9.91. The Kier molecular flexibility index (Phi) is 13.6. The van der Waals surface area contributed by atoms with Crippen molar-refractivity contribution in [1.29, 1.82) is 0 Å². The van der Waals surface area contributed by atoms with Gasteiger partial charge < -0.3 is 48.2 Å². The highest BCUT2D eigenvalue weighted by Gasteiger charge is 2.23. The van der Waals surface area contributed by atoms with Crippen LogP contribution in [-0.2, 0) is 26.2 Å². The minimum Gasteiger partial charge on any atom is -0.493 e. The zero-order chi connectivity index (χ0) is 42.6. The summed E-state index contributed by atoms with van der Waals surface area (Å²) in [5, 5.41) is 12.0. The third kappa shape index (κ3) is 7.90. The van der Waals surface area contributed by atoms with Crippen molar-refractivity contribution < 1.29 is 28.4 Å². The van der Waals surface area contributed by atoms with E-state index in [-0.39, 0.29) is 12.4 Å². The van der Waals surface area contributed by atoms with Crippen molar-refractivity contribution in [2.75, 3.05) is 55.7 Å². The Morgan fingerprint density at radius 1 is 0.484 bits per heavy atom. The number of hydrogen-bond acceptors (Lipinski definition) is 10. The first-order valence-electron chi connectivity index (χ1n) is 20.7. The number of hydrogen-bond donors (Lipinski definition) is 2. The molecule has 4 aromatic carbocycles. The van der Waals surface area contributed by atoms with Gasteiger partial charge in [0.2, 0.25) is 11.5 Å². The molecule has 324 valence electrons. The molecule has 8 rings (SSSR count). The van der Waals surface area contributed by atoms with Gasteiger partial charge in [0.1, 0.15) is 0 Å². The van der Waals surface area contributed by atoms with Crippen molar-refractivity contribution in [3.05, 3.63) is 96.3 Å². The molecule has 8 aromatic rings. The number of nitrogens with zero attached hydrogens (tertiary/aromatic N) is 4. The second kappa shape index (κ2) is 19.2. The second-order valence-corrected chi connectivity index (χ2v) is 14.8. The van der Waals surface area contributed by atoms with Crippen LogP contribution in [0.15, 0.2) is 84.9 Å². The van der Waals surface area contributed by atoms with Crippen LogP contribution in [0.25, 0.3) is 66.1 Å². The Hall–Kier alpha value is -6.21.